The van der Waals surface area contributed by atoms with E-state index in [1.165, 1.54) is 6.21 Å². The van der Waals surface area contributed by atoms with Gasteiger partial charge >= 0.3 is 5.97 Å². The van der Waals surface area contributed by atoms with E-state index in [-0.39, 0.29) is 12.0 Å². The monoisotopic (exact) mass is 270 g/mol. The number of pyridine rings is 1. The zero-order valence-electron chi connectivity index (χ0n) is 11.0. The molecule has 6 nitrogen and oxygen atoms in total. The first-order valence-corrected chi connectivity index (χ1v) is 6.38. The molecule has 20 heavy (non-hydrogen) atoms. The Morgan fingerprint density at radius 3 is 3.20 bits per heavy atom. The number of carbonyl (C=O) groups excluding carboxylic acids is 1. The Balaban J connectivity index is 1.78. The van der Waals surface area contributed by atoms with E-state index in [0.717, 1.165) is 11.4 Å². The predicted molar refractivity (Wildman–Crippen MR) is 73.2 cm³/mol. The molecule has 0 aromatic carbocycles. The van der Waals surface area contributed by atoms with Crippen LogP contribution in [0.25, 0.3) is 0 Å². The molecule has 3 rings (SSSR count). The average Bonchev–Trinajstić information content (AvgIpc) is 2.91. The van der Waals surface area contributed by atoms with E-state index in [4.69, 9.17) is 4.74 Å². The Morgan fingerprint density at radius 1 is 1.55 bits per heavy atom. The molecule has 1 N–H and O–H groups in total. The fourth-order valence-corrected chi connectivity index (χ4v) is 2.05. The van der Waals surface area contributed by atoms with Gasteiger partial charge in [0.1, 0.15) is 5.82 Å². The number of nitrogens with zero attached hydrogens (tertiary/aromatic N) is 3. The van der Waals surface area contributed by atoms with Crippen molar-refractivity contribution >= 4 is 12.2 Å². The third-order valence-electron chi connectivity index (χ3n) is 3.00. The summed E-state index contributed by atoms with van der Waals surface area (Å²) in [5, 5.41) is 1.73. The average molecular weight is 270 g/mol. The Labute approximate surface area is 116 Å². The molecule has 0 aliphatic carbocycles. The normalized spacial score (nSPS) is 20.2. The van der Waals surface area contributed by atoms with Gasteiger partial charge in [-0.25, -0.2) is 15.2 Å². The summed E-state index contributed by atoms with van der Waals surface area (Å²) in [5.41, 5.74) is 4.70. The number of fused-ring (bicyclic) bond motifs is 1. The van der Waals surface area contributed by atoms with E-state index in [0.29, 0.717) is 12.2 Å². The quantitative estimate of drug-likeness (QED) is 0.839. The fourth-order valence-electron chi connectivity index (χ4n) is 2.05. The van der Waals surface area contributed by atoms with Gasteiger partial charge in [-0.2, -0.15) is 0 Å². The van der Waals surface area contributed by atoms with Crippen molar-refractivity contribution in [2.75, 3.05) is 6.61 Å². The van der Waals surface area contributed by atoms with Crippen LogP contribution in [0.3, 0.4) is 0 Å². The second kappa shape index (κ2) is 5.26. The van der Waals surface area contributed by atoms with Crippen molar-refractivity contribution in [3.05, 3.63) is 53.8 Å². The van der Waals surface area contributed by atoms with Gasteiger partial charge in [-0.3, -0.25) is 9.99 Å². The number of carbonyl (C=O) groups is 1. The number of aliphatic imine (C=N–C) groups is 1. The van der Waals surface area contributed by atoms with Gasteiger partial charge in [0.25, 0.3) is 0 Å². The predicted octanol–water partition coefficient (Wildman–Crippen LogP) is 1.32. The number of ether oxygens (including phenoxy) is 1. The van der Waals surface area contributed by atoms with Gasteiger partial charge < -0.3 is 4.74 Å². The second-order valence-corrected chi connectivity index (χ2v) is 4.35. The molecular formula is C14H14N4O2. The number of aromatic nitrogens is 1. The number of hydrazine groups is 1. The van der Waals surface area contributed by atoms with Gasteiger partial charge in [0, 0.05) is 24.8 Å². The van der Waals surface area contributed by atoms with Crippen LogP contribution in [0.2, 0.25) is 0 Å². The van der Waals surface area contributed by atoms with Gasteiger partial charge in [-0.1, -0.05) is 6.07 Å². The third-order valence-corrected chi connectivity index (χ3v) is 3.00. The first-order chi connectivity index (χ1) is 9.78. The largest absolute Gasteiger partial charge is 0.462 e. The van der Waals surface area contributed by atoms with Crippen molar-refractivity contribution in [1.29, 1.82) is 0 Å². The lowest BCUT2D eigenvalue weighted by atomic mass is 10.1. The molecule has 0 radical (unpaired) electrons. The van der Waals surface area contributed by atoms with E-state index in [1.807, 2.05) is 18.2 Å². The van der Waals surface area contributed by atoms with Crippen molar-refractivity contribution < 1.29 is 9.53 Å². The molecule has 0 bridgehead atoms. The minimum Gasteiger partial charge on any atom is -0.462 e. The lowest BCUT2D eigenvalue weighted by Crippen LogP contribution is -2.31. The summed E-state index contributed by atoms with van der Waals surface area (Å²) in [5.74, 6) is 0.383. The molecule has 0 saturated carbocycles. The number of hydrogen-bond donors (Lipinski definition) is 1. The SMILES string of the molecule is CCOC(=O)C1=CN2NC(c3cccnc3)C=C2N=C1. The lowest BCUT2D eigenvalue weighted by Gasteiger charge is -2.21. The Kier molecular flexibility index (Phi) is 3.30. The molecule has 0 amide bonds. The summed E-state index contributed by atoms with van der Waals surface area (Å²) in [4.78, 5) is 20.0. The molecule has 0 saturated heterocycles. The summed E-state index contributed by atoms with van der Waals surface area (Å²) in [7, 11) is 0. The number of hydrogen-bond acceptors (Lipinski definition) is 6. The summed E-state index contributed by atoms with van der Waals surface area (Å²) in [6.07, 6.45) is 8.72. The highest BCUT2D eigenvalue weighted by molar-refractivity contribution is 6.10. The highest BCUT2D eigenvalue weighted by atomic mass is 16.5. The molecule has 2 aliphatic rings. The van der Waals surface area contributed by atoms with Crippen LogP contribution in [0.4, 0.5) is 0 Å². The zero-order valence-corrected chi connectivity index (χ0v) is 11.0. The molecule has 6 heteroatoms. The third kappa shape index (κ3) is 2.33. The summed E-state index contributed by atoms with van der Waals surface area (Å²) in [6, 6.07) is 3.86. The van der Waals surface area contributed by atoms with Gasteiger partial charge in [-0.15, -0.1) is 0 Å². The van der Waals surface area contributed by atoms with Crippen LogP contribution in [-0.2, 0) is 9.53 Å². The van der Waals surface area contributed by atoms with Crippen molar-refractivity contribution in [2.24, 2.45) is 4.99 Å². The lowest BCUT2D eigenvalue weighted by molar-refractivity contribution is -0.137. The molecule has 1 unspecified atom stereocenters. The Hall–Kier alpha value is -2.47. The van der Waals surface area contributed by atoms with Crippen molar-refractivity contribution in [3.8, 4) is 0 Å². The highest BCUT2D eigenvalue weighted by Gasteiger charge is 2.26. The molecule has 1 aromatic heterocycles. The van der Waals surface area contributed by atoms with E-state index in [1.54, 1.807) is 30.5 Å². The maximum atomic E-state index is 11.7. The van der Waals surface area contributed by atoms with Crippen LogP contribution in [0.15, 0.2) is 53.2 Å². The molecule has 1 aromatic rings. The van der Waals surface area contributed by atoms with Crippen molar-refractivity contribution in [1.82, 2.24) is 15.4 Å². The van der Waals surface area contributed by atoms with Gasteiger partial charge in [0.15, 0.2) is 0 Å². The molecule has 3 heterocycles. The van der Waals surface area contributed by atoms with Crippen LogP contribution in [0, 0.1) is 0 Å². The number of esters is 1. The molecule has 102 valence electrons. The molecule has 0 spiro atoms. The summed E-state index contributed by atoms with van der Waals surface area (Å²) >= 11 is 0. The fraction of sp³-hybridized carbons (Fsp3) is 0.214. The van der Waals surface area contributed by atoms with Gasteiger partial charge in [0.2, 0.25) is 0 Å². The number of nitrogens with one attached hydrogen (secondary N) is 1. The minimum absolute atomic E-state index is 0.00588. The highest BCUT2D eigenvalue weighted by Crippen LogP contribution is 2.27. The molecule has 0 fully saturated rings. The minimum atomic E-state index is -0.373. The smallest absolute Gasteiger partial charge is 0.341 e. The van der Waals surface area contributed by atoms with E-state index < -0.39 is 0 Å². The molecule has 2 aliphatic heterocycles. The maximum absolute atomic E-state index is 11.7. The first-order valence-electron chi connectivity index (χ1n) is 6.38. The van der Waals surface area contributed by atoms with Crippen LogP contribution < -0.4 is 5.43 Å². The zero-order chi connectivity index (χ0) is 13.9. The van der Waals surface area contributed by atoms with Crippen LogP contribution in [0.5, 0.6) is 0 Å². The second-order valence-electron chi connectivity index (χ2n) is 4.35. The van der Waals surface area contributed by atoms with E-state index >= 15 is 0 Å². The number of rotatable bonds is 3. The van der Waals surface area contributed by atoms with Gasteiger partial charge in [0.05, 0.1) is 18.2 Å². The van der Waals surface area contributed by atoms with Crippen molar-refractivity contribution in [3.63, 3.8) is 0 Å². The first kappa shape index (κ1) is 12.6. The van der Waals surface area contributed by atoms with Crippen LogP contribution in [0.1, 0.15) is 18.5 Å². The van der Waals surface area contributed by atoms with E-state index in [9.17, 15) is 4.79 Å². The topological polar surface area (TPSA) is 66.8 Å². The maximum Gasteiger partial charge on any atom is 0.341 e. The molecular weight excluding hydrogens is 256 g/mol. The van der Waals surface area contributed by atoms with Crippen LogP contribution in [-0.4, -0.2) is 28.8 Å². The standard InChI is InChI=1S/C14H14N4O2/c1-2-20-14(19)11-8-16-13-6-12(17-18(13)9-11)10-4-3-5-15-7-10/h3-9,12,17H,2H2,1H3. The summed E-state index contributed by atoms with van der Waals surface area (Å²) in [6.45, 7) is 2.12. The summed E-state index contributed by atoms with van der Waals surface area (Å²) < 4.78 is 4.96. The Bertz CT molecular complexity index is 607. The van der Waals surface area contributed by atoms with Crippen molar-refractivity contribution in [2.45, 2.75) is 13.0 Å². The molecule has 1 atom stereocenters. The van der Waals surface area contributed by atoms with E-state index in [2.05, 4.69) is 15.4 Å². The Morgan fingerprint density at radius 2 is 2.45 bits per heavy atom. The van der Waals surface area contributed by atoms with Crippen LogP contribution >= 0.6 is 0 Å². The van der Waals surface area contributed by atoms with Gasteiger partial charge in [-0.05, 0) is 24.6 Å².